The Morgan fingerprint density at radius 2 is 1.94 bits per heavy atom. The minimum Gasteiger partial charge on any atom is -0.270 e. The molecule has 0 fully saturated rings. The van der Waals surface area contributed by atoms with Crippen LogP contribution in [-0.2, 0) is 13.0 Å². The lowest BCUT2D eigenvalue weighted by Gasteiger charge is -2.02. The molecule has 2 aromatic rings. The molecular formula is C13H14ClIN2. The van der Waals surface area contributed by atoms with Crippen LogP contribution in [0, 0.1) is 3.70 Å². The fourth-order valence-corrected chi connectivity index (χ4v) is 2.30. The summed E-state index contributed by atoms with van der Waals surface area (Å²) in [5, 5.41) is 5.07. The minimum absolute atomic E-state index is 0.744. The largest absolute Gasteiger partial charge is 0.270 e. The van der Waals surface area contributed by atoms with Crippen LogP contribution in [0.5, 0.6) is 0 Å². The number of rotatable bonds is 5. The van der Waals surface area contributed by atoms with Crippen molar-refractivity contribution in [1.29, 1.82) is 0 Å². The van der Waals surface area contributed by atoms with Crippen LogP contribution in [0.3, 0.4) is 0 Å². The molecule has 1 heterocycles. The summed E-state index contributed by atoms with van der Waals surface area (Å²) in [4.78, 5) is 0. The van der Waals surface area contributed by atoms with Crippen LogP contribution in [0.15, 0.2) is 36.5 Å². The zero-order valence-electron chi connectivity index (χ0n) is 9.44. The van der Waals surface area contributed by atoms with Gasteiger partial charge in [-0.25, -0.2) is 0 Å². The highest BCUT2D eigenvalue weighted by Gasteiger charge is 2.02. The highest BCUT2D eigenvalue weighted by atomic mass is 127. The summed E-state index contributed by atoms with van der Waals surface area (Å²) < 4.78 is 2.81. The maximum Gasteiger partial charge on any atom is 0.141 e. The standard InChI is InChI=1S/C13H14ClIN2/c14-12-10-17(16-13(12)15)9-5-4-8-11-6-2-1-3-7-11/h1-3,6-7,10H,4-5,8-9H2. The molecule has 0 amide bonds. The smallest absolute Gasteiger partial charge is 0.141 e. The van der Waals surface area contributed by atoms with Gasteiger partial charge in [-0.15, -0.1) is 0 Å². The first-order valence-corrected chi connectivity index (χ1v) is 7.14. The topological polar surface area (TPSA) is 17.8 Å². The number of hydrogen-bond donors (Lipinski definition) is 0. The summed E-state index contributed by atoms with van der Waals surface area (Å²) >= 11 is 8.10. The van der Waals surface area contributed by atoms with E-state index in [9.17, 15) is 0 Å². The van der Waals surface area contributed by atoms with Gasteiger partial charge in [-0.05, 0) is 47.4 Å². The number of aryl methyl sites for hydroxylation is 2. The quantitative estimate of drug-likeness (QED) is 0.578. The molecule has 0 spiro atoms. The van der Waals surface area contributed by atoms with Crippen molar-refractivity contribution < 1.29 is 0 Å². The van der Waals surface area contributed by atoms with Gasteiger partial charge in [0.25, 0.3) is 0 Å². The van der Waals surface area contributed by atoms with Crippen molar-refractivity contribution >= 4 is 34.2 Å². The number of unbranched alkanes of at least 4 members (excludes halogenated alkanes) is 1. The van der Waals surface area contributed by atoms with E-state index in [0.717, 1.165) is 28.1 Å². The van der Waals surface area contributed by atoms with Crippen molar-refractivity contribution in [3.63, 3.8) is 0 Å². The third kappa shape index (κ3) is 4.00. The highest BCUT2D eigenvalue weighted by Crippen LogP contribution is 2.16. The monoisotopic (exact) mass is 360 g/mol. The van der Waals surface area contributed by atoms with Crippen molar-refractivity contribution in [2.24, 2.45) is 0 Å². The van der Waals surface area contributed by atoms with Gasteiger partial charge in [0.2, 0.25) is 0 Å². The summed E-state index contributed by atoms with van der Waals surface area (Å²) in [6, 6.07) is 10.6. The van der Waals surface area contributed by atoms with E-state index < -0.39 is 0 Å². The molecule has 0 atom stereocenters. The predicted molar refractivity (Wildman–Crippen MR) is 79.3 cm³/mol. The Hall–Kier alpha value is -0.550. The lowest BCUT2D eigenvalue weighted by molar-refractivity contribution is 0.555. The fourth-order valence-electron chi connectivity index (χ4n) is 1.74. The fraction of sp³-hybridized carbons (Fsp3) is 0.308. The Morgan fingerprint density at radius 3 is 2.59 bits per heavy atom. The number of aromatic nitrogens is 2. The van der Waals surface area contributed by atoms with Gasteiger partial charge in [-0.1, -0.05) is 41.9 Å². The third-order valence-electron chi connectivity index (χ3n) is 2.62. The maximum atomic E-state index is 5.95. The Kier molecular flexibility index (Phi) is 4.86. The van der Waals surface area contributed by atoms with Gasteiger partial charge in [-0.3, -0.25) is 4.68 Å². The van der Waals surface area contributed by atoms with Crippen molar-refractivity contribution in [2.45, 2.75) is 25.8 Å². The predicted octanol–water partition coefficient (Wildman–Crippen LogP) is 4.16. The van der Waals surface area contributed by atoms with Crippen molar-refractivity contribution in [3.05, 3.63) is 50.8 Å². The molecule has 0 saturated heterocycles. The number of benzene rings is 1. The van der Waals surface area contributed by atoms with E-state index in [-0.39, 0.29) is 0 Å². The van der Waals surface area contributed by atoms with Gasteiger partial charge in [0, 0.05) is 12.7 Å². The molecule has 1 aromatic carbocycles. The second-order valence-electron chi connectivity index (χ2n) is 3.97. The Balaban J connectivity index is 1.73. The van der Waals surface area contributed by atoms with E-state index in [4.69, 9.17) is 11.6 Å². The number of nitrogens with zero attached hydrogens (tertiary/aromatic N) is 2. The summed E-state index contributed by atoms with van der Waals surface area (Å²) in [6.45, 7) is 0.940. The first-order valence-electron chi connectivity index (χ1n) is 5.68. The second-order valence-corrected chi connectivity index (χ2v) is 5.40. The van der Waals surface area contributed by atoms with Crippen LogP contribution >= 0.6 is 34.2 Å². The molecule has 0 aliphatic rings. The molecule has 0 N–H and O–H groups in total. The highest BCUT2D eigenvalue weighted by molar-refractivity contribution is 14.1. The summed E-state index contributed by atoms with van der Waals surface area (Å²) in [6.07, 6.45) is 5.33. The van der Waals surface area contributed by atoms with Crippen molar-refractivity contribution in [2.75, 3.05) is 0 Å². The molecule has 0 aliphatic heterocycles. The lowest BCUT2D eigenvalue weighted by Crippen LogP contribution is -1.99. The molecule has 0 aliphatic carbocycles. The van der Waals surface area contributed by atoms with Crippen molar-refractivity contribution in [1.82, 2.24) is 9.78 Å². The van der Waals surface area contributed by atoms with Crippen LogP contribution in [-0.4, -0.2) is 9.78 Å². The Labute approximate surface area is 120 Å². The molecule has 90 valence electrons. The van der Waals surface area contributed by atoms with Crippen LogP contribution in [0.25, 0.3) is 0 Å². The molecular weight excluding hydrogens is 347 g/mol. The zero-order valence-corrected chi connectivity index (χ0v) is 12.4. The maximum absolute atomic E-state index is 5.95. The molecule has 4 heteroatoms. The van der Waals surface area contributed by atoms with Gasteiger partial charge in [0.1, 0.15) is 3.70 Å². The van der Waals surface area contributed by atoms with E-state index in [1.807, 2.05) is 10.9 Å². The van der Waals surface area contributed by atoms with Gasteiger partial charge in [-0.2, -0.15) is 5.10 Å². The van der Waals surface area contributed by atoms with E-state index in [0.29, 0.717) is 0 Å². The number of hydrogen-bond acceptors (Lipinski definition) is 1. The average molecular weight is 361 g/mol. The molecule has 0 saturated carbocycles. The van der Waals surface area contributed by atoms with Crippen LogP contribution < -0.4 is 0 Å². The summed E-state index contributed by atoms with van der Waals surface area (Å²) in [7, 11) is 0. The molecule has 2 nitrogen and oxygen atoms in total. The van der Waals surface area contributed by atoms with Gasteiger partial charge >= 0.3 is 0 Å². The van der Waals surface area contributed by atoms with Crippen LogP contribution in [0.1, 0.15) is 18.4 Å². The molecule has 0 radical (unpaired) electrons. The normalized spacial score (nSPS) is 10.7. The zero-order chi connectivity index (χ0) is 12.1. The number of halogens is 2. The van der Waals surface area contributed by atoms with E-state index in [1.54, 1.807) is 0 Å². The Bertz CT molecular complexity index is 448. The Morgan fingerprint density at radius 1 is 1.18 bits per heavy atom. The third-order valence-corrected chi connectivity index (χ3v) is 4.01. The average Bonchev–Trinajstić information content (AvgIpc) is 2.66. The van der Waals surface area contributed by atoms with Crippen LogP contribution in [0.4, 0.5) is 0 Å². The van der Waals surface area contributed by atoms with Crippen molar-refractivity contribution in [3.8, 4) is 0 Å². The molecule has 0 unspecified atom stereocenters. The van der Waals surface area contributed by atoms with Crippen LogP contribution in [0.2, 0.25) is 5.02 Å². The van der Waals surface area contributed by atoms with Gasteiger partial charge in [0.15, 0.2) is 0 Å². The van der Waals surface area contributed by atoms with Gasteiger partial charge in [0.05, 0.1) is 5.02 Å². The molecule has 0 bridgehead atoms. The molecule has 1 aromatic heterocycles. The van der Waals surface area contributed by atoms with E-state index in [2.05, 4.69) is 58.0 Å². The minimum atomic E-state index is 0.744. The van der Waals surface area contributed by atoms with E-state index >= 15 is 0 Å². The molecule has 2 rings (SSSR count). The second kappa shape index (κ2) is 6.40. The first-order chi connectivity index (χ1) is 8.25. The SMILES string of the molecule is Clc1cn(CCCCc2ccccc2)nc1I. The first kappa shape index (κ1) is 12.9. The molecule has 17 heavy (non-hydrogen) atoms. The lowest BCUT2D eigenvalue weighted by atomic mass is 10.1. The summed E-state index contributed by atoms with van der Waals surface area (Å²) in [5.41, 5.74) is 1.40. The van der Waals surface area contributed by atoms with E-state index in [1.165, 1.54) is 12.0 Å². The van der Waals surface area contributed by atoms with Gasteiger partial charge < -0.3 is 0 Å². The summed E-state index contributed by atoms with van der Waals surface area (Å²) in [5.74, 6) is 0.